The Morgan fingerprint density at radius 3 is 2.53 bits per heavy atom. The van der Waals surface area contributed by atoms with Gasteiger partial charge in [0.15, 0.2) is 6.10 Å². The van der Waals surface area contributed by atoms with Gasteiger partial charge in [0.25, 0.3) is 0 Å². The normalized spacial score (nSPS) is 42.9. The monoisotopic (exact) mass is 212 g/mol. The van der Waals surface area contributed by atoms with E-state index in [0.29, 0.717) is 13.2 Å². The molecular formula is C12H20O3. The van der Waals surface area contributed by atoms with Gasteiger partial charge < -0.3 is 14.2 Å². The third-order valence-corrected chi connectivity index (χ3v) is 3.25. The van der Waals surface area contributed by atoms with Crippen LogP contribution in [-0.4, -0.2) is 30.5 Å². The van der Waals surface area contributed by atoms with Crippen molar-refractivity contribution in [2.45, 2.75) is 51.4 Å². The van der Waals surface area contributed by atoms with Crippen LogP contribution in [0.4, 0.5) is 0 Å². The van der Waals surface area contributed by atoms with Crippen molar-refractivity contribution < 1.29 is 14.2 Å². The summed E-state index contributed by atoms with van der Waals surface area (Å²) in [5.41, 5.74) is -0.533. The first kappa shape index (κ1) is 11.0. The minimum atomic E-state index is -0.313. The molecule has 86 valence electrons. The summed E-state index contributed by atoms with van der Waals surface area (Å²) in [6.45, 7) is 9.62. The summed E-state index contributed by atoms with van der Waals surface area (Å²) in [6, 6.07) is 0. The van der Waals surface area contributed by atoms with E-state index < -0.39 is 0 Å². The third kappa shape index (κ3) is 1.58. The van der Waals surface area contributed by atoms with Crippen molar-refractivity contribution in [1.82, 2.24) is 0 Å². The summed E-state index contributed by atoms with van der Waals surface area (Å²) in [4.78, 5) is 0. The van der Waals surface area contributed by atoms with Crippen molar-refractivity contribution in [1.29, 1.82) is 0 Å². The summed E-state index contributed by atoms with van der Waals surface area (Å²) in [5.74, 6) is 1.02. The van der Waals surface area contributed by atoms with Crippen molar-refractivity contribution in [3.8, 4) is 0 Å². The zero-order valence-corrected chi connectivity index (χ0v) is 10.0. The van der Waals surface area contributed by atoms with Gasteiger partial charge in [0.2, 0.25) is 0 Å². The van der Waals surface area contributed by atoms with Crippen LogP contribution in [0.3, 0.4) is 0 Å². The lowest BCUT2D eigenvalue weighted by Gasteiger charge is -2.38. The molecule has 0 radical (unpaired) electrons. The van der Waals surface area contributed by atoms with Crippen LogP contribution >= 0.6 is 0 Å². The lowest BCUT2D eigenvalue weighted by Crippen LogP contribution is -2.52. The lowest BCUT2D eigenvalue weighted by molar-refractivity contribution is -0.146. The minimum Gasteiger partial charge on any atom is -0.488 e. The molecule has 2 bridgehead atoms. The van der Waals surface area contributed by atoms with Crippen LogP contribution in [0.5, 0.6) is 0 Å². The number of hydrogen-bond acceptors (Lipinski definition) is 3. The molecule has 15 heavy (non-hydrogen) atoms. The molecular weight excluding hydrogens is 192 g/mol. The van der Waals surface area contributed by atoms with Crippen molar-refractivity contribution in [2.75, 3.05) is 13.2 Å². The quantitative estimate of drug-likeness (QED) is 0.715. The highest BCUT2D eigenvalue weighted by molar-refractivity contribution is 5.27. The number of fused-ring (bicyclic) bond motifs is 2. The van der Waals surface area contributed by atoms with Crippen LogP contribution in [0.25, 0.3) is 0 Å². The van der Waals surface area contributed by atoms with E-state index in [2.05, 4.69) is 19.9 Å². The molecule has 1 saturated heterocycles. The fraction of sp³-hybridized carbons (Fsp3) is 0.833. The Balaban J connectivity index is 2.21. The van der Waals surface area contributed by atoms with E-state index in [9.17, 15) is 0 Å². The summed E-state index contributed by atoms with van der Waals surface area (Å²) >= 11 is 0. The van der Waals surface area contributed by atoms with Gasteiger partial charge in [0.05, 0.1) is 5.76 Å². The summed E-state index contributed by atoms with van der Waals surface area (Å²) in [5, 5.41) is 0. The van der Waals surface area contributed by atoms with Crippen molar-refractivity contribution in [3.63, 3.8) is 0 Å². The van der Waals surface area contributed by atoms with Gasteiger partial charge in [-0.1, -0.05) is 0 Å². The van der Waals surface area contributed by atoms with Gasteiger partial charge in [-0.2, -0.15) is 0 Å². The molecule has 0 saturated carbocycles. The highest BCUT2D eigenvalue weighted by atomic mass is 16.6. The van der Waals surface area contributed by atoms with Gasteiger partial charge in [-0.25, -0.2) is 0 Å². The van der Waals surface area contributed by atoms with E-state index in [1.165, 1.54) is 0 Å². The number of rotatable bonds is 4. The predicted octanol–water partition coefficient (Wildman–Crippen LogP) is 2.26. The van der Waals surface area contributed by atoms with Gasteiger partial charge >= 0.3 is 0 Å². The molecule has 3 unspecified atom stereocenters. The molecule has 3 nitrogen and oxygen atoms in total. The third-order valence-electron chi connectivity index (χ3n) is 3.25. The maximum Gasteiger partial charge on any atom is 0.159 e. The standard InChI is InChI=1S/C12H20O3/c1-5-13-11(3)7-9-8-12(4,14-6-2)10(11)15-9/h7,10H,5-6,8H2,1-4H3. The predicted molar refractivity (Wildman–Crippen MR) is 57.6 cm³/mol. The maximum absolute atomic E-state index is 5.82. The minimum absolute atomic E-state index is 0.0000926. The second kappa shape index (κ2) is 3.49. The molecule has 0 aromatic heterocycles. The number of hydrogen-bond donors (Lipinski definition) is 0. The van der Waals surface area contributed by atoms with E-state index >= 15 is 0 Å². The first-order valence-electron chi connectivity index (χ1n) is 5.70. The molecule has 1 fully saturated rings. The Bertz CT molecular complexity index is 287. The van der Waals surface area contributed by atoms with Crippen LogP contribution in [-0.2, 0) is 14.2 Å². The van der Waals surface area contributed by atoms with Crippen LogP contribution in [0.15, 0.2) is 11.8 Å². The molecule has 0 spiro atoms. The lowest BCUT2D eigenvalue weighted by atomic mass is 9.81. The fourth-order valence-corrected chi connectivity index (χ4v) is 2.84. The van der Waals surface area contributed by atoms with Gasteiger partial charge in [-0.3, -0.25) is 0 Å². The molecule has 0 aromatic carbocycles. The first-order valence-corrected chi connectivity index (χ1v) is 5.70. The Hall–Kier alpha value is -0.540. The molecule has 2 aliphatic heterocycles. The van der Waals surface area contributed by atoms with E-state index in [1.807, 2.05) is 13.8 Å². The second-order valence-corrected chi connectivity index (χ2v) is 4.65. The van der Waals surface area contributed by atoms with Crippen LogP contribution in [0.2, 0.25) is 0 Å². The van der Waals surface area contributed by atoms with E-state index in [-0.39, 0.29) is 17.3 Å². The molecule has 2 rings (SSSR count). The van der Waals surface area contributed by atoms with Crippen molar-refractivity contribution in [3.05, 3.63) is 11.8 Å². The van der Waals surface area contributed by atoms with Crippen LogP contribution in [0, 0.1) is 0 Å². The highest BCUT2D eigenvalue weighted by Gasteiger charge is 2.58. The first-order chi connectivity index (χ1) is 7.04. The zero-order chi connectivity index (χ0) is 11.1. The van der Waals surface area contributed by atoms with Crippen molar-refractivity contribution in [2.24, 2.45) is 0 Å². The van der Waals surface area contributed by atoms with Crippen LogP contribution in [0.1, 0.15) is 34.1 Å². The van der Waals surface area contributed by atoms with E-state index in [4.69, 9.17) is 14.2 Å². The molecule has 3 heteroatoms. The molecule has 2 aliphatic rings. The summed E-state index contributed by atoms with van der Waals surface area (Å²) in [6.07, 6.45) is 2.97. The van der Waals surface area contributed by atoms with Crippen molar-refractivity contribution >= 4 is 0 Å². The molecule has 0 amide bonds. The molecule has 0 N–H and O–H groups in total. The van der Waals surface area contributed by atoms with Gasteiger partial charge in [-0.05, 0) is 33.8 Å². The molecule has 2 heterocycles. The average molecular weight is 212 g/mol. The number of ether oxygens (including phenoxy) is 3. The highest BCUT2D eigenvalue weighted by Crippen LogP contribution is 2.49. The Morgan fingerprint density at radius 2 is 2.00 bits per heavy atom. The van der Waals surface area contributed by atoms with Gasteiger partial charge in [0.1, 0.15) is 11.2 Å². The maximum atomic E-state index is 5.82. The Kier molecular flexibility index (Phi) is 2.55. The van der Waals surface area contributed by atoms with E-state index in [0.717, 1.165) is 12.2 Å². The molecule has 0 aromatic rings. The summed E-state index contributed by atoms with van der Waals surface area (Å²) in [7, 11) is 0. The van der Waals surface area contributed by atoms with Crippen LogP contribution < -0.4 is 0 Å². The SMILES string of the molecule is CCOC1(C)C=C2CC(C)(OCC)C1O2. The molecule has 0 aliphatic carbocycles. The fourth-order valence-electron chi connectivity index (χ4n) is 2.84. The Morgan fingerprint density at radius 1 is 1.33 bits per heavy atom. The average Bonchev–Trinajstić information content (AvgIpc) is 2.58. The Labute approximate surface area is 91.4 Å². The van der Waals surface area contributed by atoms with Gasteiger partial charge in [-0.15, -0.1) is 0 Å². The molecule has 3 atom stereocenters. The van der Waals surface area contributed by atoms with E-state index in [1.54, 1.807) is 0 Å². The summed E-state index contributed by atoms with van der Waals surface area (Å²) < 4.78 is 17.4. The zero-order valence-electron chi connectivity index (χ0n) is 10.0. The second-order valence-electron chi connectivity index (χ2n) is 4.65. The van der Waals surface area contributed by atoms with Gasteiger partial charge in [0, 0.05) is 19.6 Å². The topological polar surface area (TPSA) is 27.7 Å². The largest absolute Gasteiger partial charge is 0.488 e. The smallest absolute Gasteiger partial charge is 0.159 e.